The molecule has 0 saturated carbocycles. The molecule has 1 heterocycles. The van der Waals surface area contributed by atoms with Crippen LogP contribution in [0.3, 0.4) is 0 Å². The quantitative estimate of drug-likeness (QED) is 0.527. The van der Waals surface area contributed by atoms with Gasteiger partial charge < -0.3 is 5.11 Å². The molecule has 0 saturated heterocycles. The van der Waals surface area contributed by atoms with Gasteiger partial charge in [0.15, 0.2) is 5.60 Å². The van der Waals surface area contributed by atoms with Crippen molar-refractivity contribution < 1.29 is 22.7 Å². The molecule has 6 heteroatoms. The molecule has 1 aromatic carbocycles. The van der Waals surface area contributed by atoms with Crippen LogP contribution in [-0.4, -0.2) is 21.9 Å². The van der Waals surface area contributed by atoms with Crippen molar-refractivity contribution in [2.75, 3.05) is 0 Å². The summed E-state index contributed by atoms with van der Waals surface area (Å²) in [5, 5.41) is 10.9. The van der Waals surface area contributed by atoms with Crippen molar-refractivity contribution >= 4 is 6.08 Å². The number of alkyl halides is 3. The average molecular weight is 438 g/mol. The SMILES string of the molecule is CC.Cc1cc(F)ccc1C(C)(C)CC(O)(Cc1ccnc2c1C=CCC2)C(F)(F)F. The van der Waals surface area contributed by atoms with Gasteiger partial charge in [-0.2, -0.15) is 13.2 Å². The Morgan fingerprint density at radius 1 is 1.10 bits per heavy atom. The van der Waals surface area contributed by atoms with Crippen LogP contribution in [0.25, 0.3) is 6.08 Å². The van der Waals surface area contributed by atoms with Gasteiger partial charge in [0.05, 0.1) is 0 Å². The minimum atomic E-state index is -4.83. The van der Waals surface area contributed by atoms with Gasteiger partial charge in [-0.25, -0.2) is 4.39 Å². The molecular formula is C25H31F4NO. The summed E-state index contributed by atoms with van der Waals surface area (Å²) in [6.45, 7) is 8.95. The zero-order chi connectivity index (χ0) is 23.4. The lowest BCUT2D eigenvalue weighted by atomic mass is 9.71. The van der Waals surface area contributed by atoms with Crippen LogP contribution in [0.1, 0.15) is 68.5 Å². The van der Waals surface area contributed by atoms with Crippen molar-refractivity contribution in [2.24, 2.45) is 0 Å². The third kappa shape index (κ3) is 5.53. The summed E-state index contributed by atoms with van der Waals surface area (Å²) >= 11 is 0. The zero-order valence-electron chi connectivity index (χ0n) is 18.8. The molecule has 2 aromatic rings. The van der Waals surface area contributed by atoms with E-state index in [1.807, 2.05) is 19.9 Å². The standard InChI is InChI=1S/C23H25F4NO.C2H6/c1-15-12-17(24)8-9-19(15)21(2,3)14-22(29,23(25,26)27)13-16-10-11-28-20-7-5-4-6-18(16)20;1-2/h4,6,8-12,29H,5,7,13-14H2,1-3H3;1-2H3. The van der Waals surface area contributed by atoms with Crippen LogP contribution < -0.4 is 0 Å². The Bertz CT molecular complexity index is 934. The molecule has 1 aromatic heterocycles. The number of hydrogen-bond donors (Lipinski definition) is 1. The van der Waals surface area contributed by atoms with E-state index in [1.54, 1.807) is 32.9 Å². The van der Waals surface area contributed by atoms with Crippen molar-refractivity contribution in [1.82, 2.24) is 4.98 Å². The van der Waals surface area contributed by atoms with Gasteiger partial charge in [0, 0.05) is 18.3 Å². The number of benzene rings is 1. The number of rotatable bonds is 5. The van der Waals surface area contributed by atoms with Crippen molar-refractivity contribution in [1.29, 1.82) is 0 Å². The summed E-state index contributed by atoms with van der Waals surface area (Å²) in [5.74, 6) is -0.441. The Morgan fingerprint density at radius 3 is 2.39 bits per heavy atom. The summed E-state index contributed by atoms with van der Waals surface area (Å²) < 4.78 is 55.7. The maximum absolute atomic E-state index is 14.1. The van der Waals surface area contributed by atoms with E-state index in [1.165, 1.54) is 24.4 Å². The highest BCUT2D eigenvalue weighted by Gasteiger charge is 2.56. The van der Waals surface area contributed by atoms with E-state index in [2.05, 4.69) is 4.98 Å². The summed E-state index contributed by atoms with van der Waals surface area (Å²) in [6, 6.07) is 5.58. The molecule has 0 amide bonds. The molecule has 0 spiro atoms. The van der Waals surface area contributed by atoms with E-state index >= 15 is 0 Å². The second-order valence-electron chi connectivity index (χ2n) is 8.50. The molecule has 31 heavy (non-hydrogen) atoms. The fourth-order valence-corrected chi connectivity index (χ4v) is 4.33. The fourth-order valence-electron chi connectivity index (χ4n) is 4.33. The van der Waals surface area contributed by atoms with Crippen LogP contribution in [-0.2, 0) is 18.3 Å². The molecule has 1 atom stereocenters. The number of aliphatic hydroxyl groups is 1. The number of fused-ring (bicyclic) bond motifs is 1. The van der Waals surface area contributed by atoms with Crippen molar-refractivity contribution in [3.05, 3.63) is 70.3 Å². The molecule has 170 valence electrons. The lowest BCUT2D eigenvalue weighted by Gasteiger charge is -2.39. The lowest BCUT2D eigenvalue weighted by Crippen LogP contribution is -2.51. The zero-order valence-corrected chi connectivity index (χ0v) is 18.8. The molecule has 2 nitrogen and oxygen atoms in total. The summed E-state index contributed by atoms with van der Waals surface area (Å²) in [7, 11) is 0. The maximum Gasteiger partial charge on any atom is 0.417 e. The molecule has 1 N–H and O–H groups in total. The molecule has 0 aliphatic heterocycles. The average Bonchev–Trinajstić information content (AvgIpc) is 2.68. The Balaban J connectivity index is 0.00000166. The molecule has 0 radical (unpaired) electrons. The Hall–Kier alpha value is -2.21. The minimum absolute atomic E-state index is 0.428. The number of pyridine rings is 1. The highest BCUT2D eigenvalue weighted by molar-refractivity contribution is 5.58. The second kappa shape index (κ2) is 9.51. The fraction of sp³-hybridized carbons (Fsp3) is 0.480. The van der Waals surface area contributed by atoms with Crippen LogP contribution in [0.2, 0.25) is 0 Å². The first-order valence-electron chi connectivity index (χ1n) is 10.6. The van der Waals surface area contributed by atoms with E-state index in [0.717, 1.165) is 12.1 Å². The minimum Gasteiger partial charge on any atom is -0.380 e. The normalized spacial score (nSPS) is 15.5. The van der Waals surface area contributed by atoms with Crippen molar-refractivity contribution in [2.45, 2.75) is 77.5 Å². The van der Waals surface area contributed by atoms with Crippen molar-refractivity contribution in [3.8, 4) is 0 Å². The van der Waals surface area contributed by atoms with E-state index in [-0.39, 0.29) is 0 Å². The van der Waals surface area contributed by atoms with E-state index in [9.17, 15) is 22.7 Å². The van der Waals surface area contributed by atoms with Gasteiger partial charge in [-0.15, -0.1) is 0 Å². The number of aryl methyl sites for hydroxylation is 2. The first kappa shape index (κ1) is 25.1. The maximum atomic E-state index is 14.1. The predicted molar refractivity (Wildman–Crippen MR) is 116 cm³/mol. The molecule has 3 rings (SSSR count). The first-order chi connectivity index (χ1) is 14.4. The molecule has 0 fully saturated rings. The lowest BCUT2D eigenvalue weighted by molar-refractivity contribution is -0.266. The Morgan fingerprint density at radius 2 is 1.77 bits per heavy atom. The van der Waals surface area contributed by atoms with Crippen molar-refractivity contribution in [3.63, 3.8) is 0 Å². The van der Waals surface area contributed by atoms with Gasteiger partial charge in [0.1, 0.15) is 5.82 Å². The van der Waals surface area contributed by atoms with Gasteiger partial charge in [0.25, 0.3) is 0 Å². The van der Waals surface area contributed by atoms with Crippen LogP contribution in [0.4, 0.5) is 17.6 Å². The highest BCUT2D eigenvalue weighted by Crippen LogP contribution is 2.44. The molecule has 1 unspecified atom stereocenters. The Labute approximate surface area is 182 Å². The third-order valence-corrected chi connectivity index (χ3v) is 5.66. The van der Waals surface area contributed by atoms with Crippen LogP contribution in [0, 0.1) is 12.7 Å². The van der Waals surface area contributed by atoms with Crippen LogP contribution >= 0.6 is 0 Å². The Kier molecular flexibility index (Phi) is 7.69. The molecule has 1 aliphatic rings. The van der Waals surface area contributed by atoms with Gasteiger partial charge in [-0.05, 0) is 72.1 Å². The van der Waals surface area contributed by atoms with Gasteiger partial charge in [-0.3, -0.25) is 4.98 Å². The monoisotopic (exact) mass is 437 g/mol. The number of aromatic nitrogens is 1. The number of allylic oxidation sites excluding steroid dienone is 1. The molecule has 1 aliphatic carbocycles. The van der Waals surface area contributed by atoms with Gasteiger partial charge in [0.2, 0.25) is 0 Å². The topological polar surface area (TPSA) is 33.1 Å². The van der Waals surface area contributed by atoms with E-state index < -0.39 is 35.9 Å². The van der Waals surface area contributed by atoms with E-state index in [4.69, 9.17) is 0 Å². The van der Waals surface area contributed by atoms with Crippen LogP contribution in [0.5, 0.6) is 0 Å². The van der Waals surface area contributed by atoms with Crippen LogP contribution in [0.15, 0.2) is 36.5 Å². The number of halogens is 4. The van der Waals surface area contributed by atoms with Gasteiger partial charge >= 0.3 is 6.18 Å². The number of nitrogens with zero attached hydrogens (tertiary/aromatic N) is 1. The second-order valence-corrected chi connectivity index (χ2v) is 8.50. The van der Waals surface area contributed by atoms with E-state index in [0.29, 0.717) is 28.7 Å². The smallest absolute Gasteiger partial charge is 0.380 e. The summed E-state index contributed by atoms with van der Waals surface area (Å²) in [4.78, 5) is 4.26. The number of hydrogen-bond acceptors (Lipinski definition) is 2. The molecule has 0 bridgehead atoms. The first-order valence-corrected chi connectivity index (χ1v) is 10.6. The highest BCUT2D eigenvalue weighted by atomic mass is 19.4. The van der Waals surface area contributed by atoms with Gasteiger partial charge in [-0.1, -0.05) is 45.9 Å². The summed E-state index contributed by atoms with van der Waals surface area (Å²) in [6.07, 6.45) is 0.728. The summed E-state index contributed by atoms with van der Waals surface area (Å²) in [5.41, 5.74) is -0.970. The molecular weight excluding hydrogens is 406 g/mol. The largest absolute Gasteiger partial charge is 0.417 e. The predicted octanol–water partition coefficient (Wildman–Crippen LogP) is 6.72. The third-order valence-electron chi connectivity index (χ3n) is 5.66.